The van der Waals surface area contributed by atoms with Gasteiger partial charge in [0.25, 0.3) is 0 Å². The van der Waals surface area contributed by atoms with Gasteiger partial charge in [-0.3, -0.25) is 0 Å². The molecule has 0 aromatic heterocycles. The summed E-state index contributed by atoms with van der Waals surface area (Å²) in [7, 11) is 0. The van der Waals surface area contributed by atoms with Crippen LogP contribution in [-0.2, 0) is 0 Å². The zero-order valence-corrected chi connectivity index (χ0v) is 9.77. The lowest BCUT2D eigenvalue weighted by molar-refractivity contribution is 1.71. The molecular formula is C18H10. The van der Waals surface area contributed by atoms with Crippen LogP contribution in [0.5, 0.6) is 0 Å². The zero-order valence-electron chi connectivity index (χ0n) is 9.77. The smallest absolute Gasteiger partial charge is 0.0327 e. The Bertz CT molecular complexity index is 874. The molecule has 0 fully saturated rings. The summed E-state index contributed by atoms with van der Waals surface area (Å²) in [5.74, 6) is 2.80. The first kappa shape index (κ1) is 9.50. The monoisotopic (exact) mass is 226 g/mol. The molecule has 1 aliphatic carbocycles. The molecule has 0 heteroatoms. The maximum Gasteiger partial charge on any atom is 0.0327 e. The van der Waals surface area contributed by atoms with Gasteiger partial charge in [-0.1, -0.05) is 48.4 Å². The van der Waals surface area contributed by atoms with Crippen LogP contribution >= 0.6 is 0 Å². The fourth-order valence-electron chi connectivity index (χ4n) is 2.90. The van der Waals surface area contributed by atoms with Crippen molar-refractivity contribution in [3.8, 4) is 12.3 Å². The molecule has 0 saturated carbocycles. The number of hydrogen-bond acceptors (Lipinski definition) is 0. The molecule has 3 aromatic carbocycles. The Hall–Kier alpha value is -2.52. The van der Waals surface area contributed by atoms with Gasteiger partial charge in [0.15, 0.2) is 0 Å². The second kappa shape index (κ2) is 3.24. The molecule has 0 N–H and O–H groups in total. The van der Waals surface area contributed by atoms with Crippen molar-refractivity contribution >= 4 is 33.7 Å². The third kappa shape index (κ3) is 1.06. The summed E-state index contributed by atoms with van der Waals surface area (Å²) in [5, 5.41) is 5.03. The fourth-order valence-corrected chi connectivity index (χ4v) is 2.90. The van der Waals surface area contributed by atoms with Crippen molar-refractivity contribution < 1.29 is 0 Å². The van der Waals surface area contributed by atoms with Crippen molar-refractivity contribution in [3.63, 3.8) is 0 Å². The van der Waals surface area contributed by atoms with Crippen molar-refractivity contribution in [2.24, 2.45) is 0 Å². The van der Waals surface area contributed by atoms with E-state index in [4.69, 9.17) is 6.42 Å². The number of fused-ring (bicyclic) bond motifs is 2. The number of terminal acetylenes is 1. The zero-order chi connectivity index (χ0) is 12.1. The molecule has 0 spiro atoms. The lowest BCUT2D eigenvalue weighted by Gasteiger charge is -2.08. The van der Waals surface area contributed by atoms with Crippen molar-refractivity contribution in [1.29, 1.82) is 0 Å². The summed E-state index contributed by atoms with van der Waals surface area (Å²) in [6.07, 6.45) is 9.98. The maximum atomic E-state index is 5.63. The molecule has 0 aliphatic heterocycles. The van der Waals surface area contributed by atoms with E-state index in [1.165, 1.54) is 32.7 Å². The second-order valence-corrected chi connectivity index (χ2v) is 4.62. The molecule has 0 unspecified atom stereocenters. The van der Waals surface area contributed by atoms with Gasteiger partial charge in [0, 0.05) is 10.9 Å². The number of hydrogen-bond donors (Lipinski definition) is 0. The molecule has 0 nitrogen and oxygen atoms in total. The fraction of sp³-hybridized carbons (Fsp3) is 0. The molecule has 0 bridgehead atoms. The number of rotatable bonds is 0. The van der Waals surface area contributed by atoms with E-state index in [0.717, 1.165) is 5.56 Å². The first-order valence-corrected chi connectivity index (χ1v) is 6.01. The van der Waals surface area contributed by atoms with Crippen LogP contribution in [0.2, 0.25) is 0 Å². The Morgan fingerprint density at radius 2 is 1.61 bits per heavy atom. The SMILES string of the molecule is C#Cc1cccc2cc3cccc4c3c(c12)C=C4. The normalized spacial score (nSPS) is 12.2. The number of benzene rings is 3. The summed E-state index contributed by atoms with van der Waals surface area (Å²) < 4.78 is 0. The van der Waals surface area contributed by atoms with Crippen LogP contribution < -0.4 is 0 Å². The molecule has 4 rings (SSSR count). The molecule has 0 atom stereocenters. The average molecular weight is 226 g/mol. The van der Waals surface area contributed by atoms with Gasteiger partial charge >= 0.3 is 0 Å². The van der Waals surface area contributed by atoms with Gasteiger partial charge in [0.05, 0.1) is 0 Å². The van der Waals surface area contributed by atoms with Gasteiger partial charge < -0.3 is 0 Å². The molecule has 82 valence electrons. The van der Waals surface area contributed by atoms with E-state index in [1.54, 1.807) is 0 Å². The second-order valence-electron chi connectivity index (χ2n) is 4.62. The van der Waals surface area contributed by atoms with Crippen LogP contribution in [0.25, 0.3) is 33.7 Å². The highest BCUT2D eigenvalue weighted by Crippen LogP contribution is 2.37. The first-order chi connectivity index (χ1) is 8.88. The Balaban J connectivity index is 2.37. The molecule has 0 heterocycles. The standard InChI is InChI=1S/C18H10/c1-2-12-5-3-7-14-11-15-8-4-6-13-9-10-16(17(12)14)18(13)15/h1,3-11H. The van der Waals surface area contributed by atoms with Gasteiger partial charge in [0.2, 0.25) is 0 Å². The quantitative estimate of drug-likeness (QED) is 0.307. The first-order valence-electron chi connectivity index (χ1n) is 6.01. The van der Waals surface area contributed by atoms with Gasteiger partial charge in [-0.05, 0) is 39.4 Å². The molecule has 3 aromatic rings. The Labute approximate surface area is 106 Å². The van der Waals surface area contributed by atoms with E-state index in [1.807, 2.05) is 12.1 Å². The highest BCUT2D eigenvalue weighted by Gasteiger charge is 2.14. The average Bonchev–Trinajstić information content (AvgIpc) is 2.84. The lowest BCUT2D eigenvalue weighted by atomic mass is 9.94. The predicted molar refractivity (Wildman–Crippen MR) is 78.3 cm³/mol. The summed E-state index contributed by atoms with van der Waals surface area (Å²) in [5.41, 5.74) is 3.54. The molecule has 1 aliphatic rings. The van der Waals surface area contributed by atoms with E-state index >= 15 is 0 Å². The Morgan fingerprint density at radius 1 is 0.833 bits per heavy atom. The van der Waals surface area contributed by atoms with Crippen molar-refractivity contribution in [2.75, 3.05) is 0 Å². The maximum absolute atomic E-state index is 5.63. The van der Waals surface area contributed by atoms with Crippen LogP contribution in [0.15, 0.2) is 42.5 Å². The highest BCUT2D eigenvalue weighted by molar-refractivity contribution is 6.15. The third-order valence-electron chi connectivity index (χ3n) is 3.66. The van der Waals surface area contributed by atoms with E-state index in [9.17, 15) is 0 Å². The van der Waals surface area contributed by atoms with Gasteiger partial charge in [0.1, 0.15) is 0 Å². The van der Waals surface area contributed by atoms with E-state index < -0.39 is 0 Å². The van der Waals surface area contributed by atoms with Crippen molar-refractivity contribution in [1.82, 2.24) is 0 Å². The summed E-state index contributed by atoms with van der Waals surface area (Å²) in [6, 6.07) is 14.8. The van der Waals surface area contributed by atoms with Crippen LogP contribution in [-0.4, -0.2) is 0 Å². The van der Waals surface area contributed by atoms with Gasteiger partial charge in [-0.25, -0.2) is 0 Å². The molecule has 0 saturated heterocycles. The van der Waals surface area contributed by atoms with Crippen molar-refractivity contribution in [2.45, 2.75) is 0 Å². The van der Waals surface area contributed by atoms with E-state index in [2.05, 4.69) is 48.4 Å². The summed E-state index contributed by atoms with van der Waals surface area (Å²) in [4.78, 5) is 0. The topological polar surface area (TPSA) is 0 Å². The largest absolute Gasteiger partial charge is 0.115 e. The van der Waals surface area contributed by atoms with Crippen LogP contribution in [0.1, 0.15) is 16.7 Å². The molecule has 0 radical (unpaired) electrons. The van der Waals surface area contributed by atoms with Crippen molar-refractivity contribution in [3.05, 3.63) is 59.2 Å². The minimum atomic E-state index is 0.978. The predicted octanol–water partition coefficient (Wildman–Crippen LogP) is 4.46. The minimum absolute atomic E-state index is 0.978. The lowest BCUT2D eigenvalue weighted by Crippen LogP contribution is -1.86. The van der Waals surface area contributed by atoms with E-state index in [0.29, 0.717) is 0 Å². The van der Waals surface area contributed by atoms with Gasteiger partial charge in [-0.15, -0.1) is 6.42 Å². The van der Waals surface area contributed by atoms with Gasteiger partial charge in [-0.2, -0.15) is 0 Å². The Kier molecular flexibility index (Phi) is 1.71. The van der Waals surface area contributed by atoms with Crippen LogP contribution in [0.3, 0.4) is 0 Å². The molecule has 0 amide bonds. The summed E-state index contributed by atoms with van der Waals surface area (Å²) >= 11 is 0. The Morgan fingerprint density at radius 3 is 2.44 bits per heavy atom. The molecular weight excluding hydrogens is 216 g/mol. The third-order valence-corrected chi connectivity index (χ3v) is 3.66. The van der Waals surface area contributed by atoms with E-state index in [-0.39, 0.29) is 0 Å². The molecule has 18 heavy (non-hydrogen) atoms. The minimum Gasteiger partial charge on any atom is -0.115 e. The van der Waals surface area contributed by atoms with Crippen LogP contribution in [0, 0.1) is 12.3 Å². The highest BCUT2D eigenvalue weighted by atomic mass is 14.2. The van der Waals surface area contributed by atoms with Crippen LogP contribution in [0.4, 0.5) is 0 Å². The summed E-state index contributed by atoms with van der Waals surface area (Å²) in [6.45, 7) is 0.